The molecule has 0 aliphatic rings. The molecule has 28 heavy (non-hydrogen) atoms. The lowest BCUT2D eigenvalue weighted by Gasteiger charge is -2.12. The first-order valence-corrected chi connectivity index (χ1v) is 9.13. The van der Waals surface area contributed by atoms with Gasteiger partial charge in [0.25, 0.3) is 5.91 Å². The number of ether oxygens (including phenoxy) is 1. The number of nitrogens with zero attached hydrogens (tertiary/aromatic N) is 1. The zero-order valence-electron chi connectivity index (χ0n) is 16.6. The Kier molecular flexibility index (Phi) is 11.0. The third kappa shape index (κ3) is 7.38. The predicted molar refractivity (Wildman–Crippen MR) is 125 cm³/mol. The predicted octanol–water partition coefficient (Wildman–Crippen LogP) is 2.97. The van der Waals surface area contributed by atoms with Crippen LogP contribution in [-0.2, 0) is 13.0 Å². The number of halogens is 1. The number of amides is 1. The third-order valence-corrected chi connectivity index (χ3v) is 4.07. The zero-order chi connectivity index (χ0) is 19.5. The van der Waals surface area contributed by atoms with Crippen LogP contribution in [-0.4, -0.2) is 39.1 Å². The summed E-state index contributed by atoms with van der Waals surface area (Å²) in [5.74, 6) is 1.52. The number of hydrogen-bond acceptors (Lipinski definition) is 3. The minimum absolute atomic E-state index is 0. The number of guanidine groups is 1. The fraction of sp³-hybridized carbons (Fsp3) is 0.333. The van der Waals surface area contributed by atoms with Crippen LogP contribution in [0.2, 0.25) is 0 Å². The van der Waals surface area contributed by atoms with Gasteiger partial charge in [-0.2, -0.15) is 0 Å². The van der Waals surface area contributed by atoms with Crippen LogP contribution in [0, 0.1) is 0 Å². The van der Waals surface area contributed by atoms with Crippen molar-refractivity contribution in [2.45, 2.75) is 19.9 Å². The van der Waals surface area contributed by atoms with E-state index >= 15 is 0 Å². The number of nitrogens with one attached hydrogen (secondary N) is 3. The zero-order valence-corrected chi connectivity index (χ0v) is 18.9. The number of para-hydroxylation sites is 1. The van der Waals surface area contributed by atoms with E-state index in [1.807, 2.05) is 55.5 Å². The minimum Gasteiger partial charge on any atom is -0.496 e. The van der Waals surface area contributed by atoms with Gasteiger partial charge in [0.05, 0.1) is 13.7 Å². The number of benzene rings is 2. The van der Waals surface area contributed by atoms with Crippen LogP contribution in [0.4, 0.5) is 0 Å². The Morgan fingerprint density at radius 2 is 1.89 bits per heavy atom. The van der Waals surface area contributed by atoms with E-state index in [2.05, 4.69) is 20.9 Å². The average molecular weight is 496 g/mol. The standard InChI is InChI=1S/C21H28N4O2.HI/c1-4-23-21(25-15-18-9-5-6-11-19(18)27-3)24-13-12-16-8-7-10-17(14-16)20(26)22-2;/h5-11,14H,4,12-13,15H2,1-3H3,(H,22,26)(H2,23,24,25);1H. The van der Waals surface area contributed by atoms with E-state index in [4.69, 9.17) is 4.74 Å². The molecular formula is C21H29IN4O2. The topological polar surface area (TPSA) is 74.8 Å². The quantitative estimate of drug-likeness (QED) is 0.299. The number of carbonyl (C=O) groups is 1. The SMILES string of the molecule is CCNC(=NCc1ccccc1OC)NCCc1cccc(C(=O)NC)c1.I. The van der Waals surface area contributed by atoms with Gasteiger partial charge in [-0.3, -0.25) is 4.79 Å². The molecule has 0 aromatic heterocycles. The van der Waals surface area contributed by atoms with Crippen molar-refractivity contribution in [3.8, 4) is 5.75 Å². The van der Waals surface area contributed by atoms with Gasteiger partial charge in [-0.1, -0.05) is 30.3 Å². The number of carbonyl (C=O) groups excluding carboxylic acids is 1. The second-order valence-electron chi connectivity index (χ2n) is 5.96. The highest BCUT2D eigenvalue weighted by Crippen LogP contribution is 2.17. The maximum absolute atomic E-state index is 11.7. The van der Waals surface area contributed by atoms with Crippen LogP contribution in [0.15, 0.2) is 53.5 Å². The van der Waals surface area contributed by atoms with E-state index in [0.717, 1.165) is 42.3 Å². The largest absolute Gasteiger partial charge is 0.496 e. The van der Waals surface area contributed by atoms with Gasteiger partial charge < -0.3 is 20.7 Å². The second kappa shape index (κ2) is 13.0. The van der Waals surface area contributed by atoms with Crippen molar-refractivity contribution in [1.82, 2.24) is 16.0 Å². The summed E-state index contributed by atoms with van der Waals surface area (Å²) in [7, 11) is 3.30. The smallest absolute Gasteiger partial charge is 0.251 e. The first-order chi connectivity index (χ1) is 13.2. The Bertz CT molecular complexity index is 781. The molecule has 3 N–H and O–H groups in total. The molecule has 0 bridgehead atoms. The molecule has 2 aromatic rings. The fourth-order valence-electron chi connectivity index (χ4n) is 2.68. The Morgan fingerprint density at radius 1 is 1.11 bits per heavy atom. The van der Waals surface area contributed by atoms with Crippen molar-refractivity contribution in [3.63, 3.8) is 0 Å². The van der Waals surface area contributed by atoms with E-state index < -0.39 is 0 Å². The van der Waals surface area contributed by atoms with Crippen LogP contribution in [0.1, 0.15) is 28.4 Å². The van der Waals surface area contributed by atoms with Crippen LogP contribution in [0.3, 0.4) is 0 Å². The lowest BCUT2D eigenvalue weighted by Crippen LogP contribution is -2.38. The Labute approximate surface area is 184 Å². The molecule has 6 nitrogen and oxygen atoms in total. The molecule has 0 aliphatic carbocycles. The molecule has 0 spiro atoms. The molecule has 2 aromatic carbocycles. The van der Waals surface area contributed by atoms with Crippen molar-refractivity contribution < 1.29 is 9.53 Å². The molecule has 0 fully saturated rings. The second-order valence-corrected chi connectivity index (χ2v) is 5.96. The molecule has 0 aliphatic heterocycles. The van der Waals surface area contributed by atoms with Crippen molar-refractivity contribution >= 4 is 35.8 Å². The van der Waals surface area contributed by atoms with E-state index in [0.29, 0.717) is 12.1 Å². The normalized spacial score (nSPS) is 10.6. The molecule has 152 valence electrons. The number of methoxy groups -OCH3 is 1. The summed E-state index contributed by atoms with van der Waals surface area (Å²) < 4.78 is 5.37. The molecule has 0 radical (unpaired) electrons. The fourth-order valence-corrected chi connectivity index (χ4v) is 2.68. The molecule has 0 saturated carbocycles. The summed E-state index contributed by atoms with van der Waals surface area (Å²) in [6.45, 7) is 4.07. The number of hydrogen-bond donors (Lipinski definition) is 3. The summed E-state index contributed by atoms with van der Waals surface area (Å²) >= 11 is 0. The molecule has 2 rings (SSSR count). The Morgan fingerprint density at radius 3 is 2.61 bits per heavy atom. The van der Waals surface area contributed by atoms with E-state index in [9.17, 15) is 4.79 Å². The van der Waals surface area contributed by atoms with Crippen molar-refractivity contribution in [2.75, 3.05) is 27.2 Å². The molecule has 7 heteroatoms. The summed E-state index contributed by atoms with van der Waals surface area (Å²) in [5.41, 5.74) is 2.81. The summed E-state index contributed by atoms with van der Waals surface area (Å²) in [6, 6.07) is 15.5. The highest BCUT2D eigenvalue weighted by atomic mass is 127. The van der Waals surface area contributed by atoms with Gasteiger partial charge in [-0.05, 0) is 37.1 Å². The van der Waals surface area contributed by atoms with Gasteiger partial charge in [0.15, 0.2) is 5.96 Å². The average Bonchev–Trinajstić information content (AvgIpc) is 2.71. The van der Waals surface area contributed by atoms with Gasteiger partial charge in [0, 0.05) is 31.3 Å². The molecule has 0 atom stereocenters. The molecule has 0 saturated heterocycles. The van der Waals surface area contributed by atoms with Gasteiger partial charge in [-0.25, -0.2) is 4.99 Å². The van der Waals surface area contributed by atoms with Crippen molar-refractivity contribution in [3.05, 3.63) is 65.2 Å². The first kappa shape index (κ1) is 23.7. The van der Waals surface area contributed by atoms with Crippen LogP contribution in [0.25, 0.3) is 0 Å². The Hall–Kier alpha value is -2.29. The van der Waals surface area contributed by atoms with Crippen LogP contribution < -0.4 is 20.7 Å². The van der Waals surface area contributed by atoms with Gasteiger partial charge in [0.2, 0.25) is 0 Å². The van der Waals surface area contributed by atoms with Gasteiger partial charge in [0.1, 0.15) is 5.75 Å². The van der Waals surface area contributed by atoms with E-state index in [1.54, 1.807) is 14.2 Å². The van der Waals surface area contributed by atoms with E-state index in [-0.39, 0.29) is 29.9 Å². The number of aliphatic imine (C=N–C) groups is 1. The van der Waals surface area contributed by atoms with Gasteiger partial charge in [-0.15, -0.1) is 24.0 Å². The molecule has 1 amide bonds. The highest BCUT2D eigenvalue weighted by Gasteiger charge is 2.05. The highest BCUT2D eigenvalue weighted by molar-refractivity contribution is 14.0. The lowest BCUT2D eigenvalue weighted by atomic mass is 10.1. The molecule has 0 heterocycles. The van der Waals surface area contributed by atoms with E-state index in [1.165, 1.54) is 0 Å². The summed E-state index contributed by atoms with van der Waals surface area (Å²) in [6.07, 6.45) is 0.796. The lowest BCUT2D eigenvalue weighted by molar-refractivity contribution is 0.0963. The van der Waals surface area contributed by atoms with Crippen LogP contribution in [0.5, 0.6) is 5.75 Å². The monoisotopic (exact) mass is 496 g/mol. The maximum Gasteiger partial charge on any atom is 0.251 e. The maximum atomic E-state index is 11.7. The summed E-state index contributed by atoms with van der Waals surface area (Å²) in [4.78, 5) is 16.4. The molecular weight excluding hydrogens is 467 g/mol. The minimum atomic E-state index is -0.0727. The van der Waals surface area contributed by atoms with Crippen molar-refractivity contribution in [2.24, 2.45) is 4.99 Å². The third-order valence-electron chi connectivity index (χ3n) is 4.07. The summed E-state index contributed by atoms with van der Waals surface area (Å²) in [5, 5.41) is 9.23. The molecule has 0 unspecified atom stereocenters. The first-order valence-electron chi connectivity index (χ1n) is 9.13. The number of rotatable bonds is 8. The van der Waals surface area contributed by atoms with Crippen LogP contribution >= 0.6 is 24.0 Å². The Balaban J connectivity index is 0.00000392. The van der Waals surface area contributed by atoms with Crippen molar-refractivity contribution in [1.29, 1.82) is 0 Å². The van der Waals surface area contributed by atoms with Gasteiger partial charge >= 0.3 is 0 Å².